The number of nitrogens with zero attached hydrogens (tertiary/aromatic N) is 3. The molecule has 0 N–H and O–H groups in total. The van der Waals surface area contributed by atoms with Gasteiger partial charge in [0.25, 0.3) is 0 Å². The van der Waals surface area contributed by atoms with Crippen molar-refractivity contribution in [2.45, 2.75) is 13.8 Å². The number of halogens is 1. The molecule has 1 heterocycles. The zero-order valence-electron chi connectivity index (χ0n) is 14.3. The Bertz CT molecular complexity index is 701. The van der Waals surface area contributed by atoms with Crippen molar-refractivity contribution in [2.75, 3.05) is 49.8 Å². The molecule has 1 aromatic rings. The number of aryl methyl sites for hydroxylation is 1. The first-order chi connectivity index (χ1) is 11.2. The van der Waals surface area contributed by atoms with E-state index in [0.29, 0.717) is 23.8 Å². The lowest BCUT2D eigenvalue weighted by atomic mass is 10.2. The highest BCUT2D eigenvalue weighted by molar-refractivity contribution is 7.92. The molecule has 0 radical (unpaired) electrons. The van der Waals surface area contributed by atoms with E-state index in [-0.39, 0.29) is 12.5 Å². The van der Waals surface area contributed by atoms with Gasteiger partial charge < -0.3 is 9.80 Å². The second kappa shape index (κ2) is 7.72. The van der Waals surface area contributed by atoms with Gasteiger partial charge in [-0.25, -0.2) is 8.42 Å². The standard InChI is InChI=1S/C16H24ClN3O3S/c1-4-18-7-9-19(10-8-18)16(21)12-20(24(3,22)23)15-11-14(17)6-5-13(15)2/h5-6,11H,4,7-10,12H2,1-3H3. The Morgan fingerprint density at radius 2 is 1.88 bits per heavy atom. The number of rotatable bonds is 5. The number of benzene rings is 1. The molecule has 0 unspecified atom stereocenters. The van der Waals surface area contributed by atoms with Gasteiger partial charge in [0, 0.05) is 31.2 Å². The van der Waals surface area contributed by atoms with Crippen molar-refractivity contribution in [3.63, 3.8) is 0 Å². The third-order valence-electron chi connectivity index (χ3n) is 4.29. The number of hydrogen-bond acceptors (Lipinski definition) is 4. The fraction of sp³-hybridized carbons (Fsp3) is 0.562. The van der Waals surface area contributed by atoms with E-state index in [1.54, 1.807) is 30.0 Å². The van der Waals surface area contributed by atoms with Gasteiger partial charge in [0.05, 0.1) is 11.9 Å². The van der Waals surface area contributed by atoms with Gasteiger partial charge in [0.2, 0.25) is 15.9 Å². The number of amides is 1. The van der Waals surface area contributed by atoms with Gasteiger partial charge >= 0.3 is 0 Å². The zero-order valence-corrected chi connectivity index (χ0v) is 15.9. The first-order valence-corrected chi connectivity index (χ1v) is 10.2. The summed E-state index contributed by atoms with van der Waals surface area (Å²) >= 11 is 6.01. The van der Waals surface area contributed by atoms with Crippen LogP contribution < -0.4 is 4.31 Å². The fourth-order valence-electron chi connectivity index (χ4n) is 2.77. The zero-order chi connectivity index (χ0) is 17.9. The average molecular weight is 374 g/mol. The average Bonchev–Trinajstić information content (AvgIpc) is 2.54. The van der Waals surface area contributed by atoms with Crippen molar-refractivity contribution in [1.82, 2.24) is 9.80 Å². The molecular weight excluding hydrogens is 350 g/mol. The van der Waals surface area contributed by atoms with Crippen LogP contribution in [0, 0.1) is 6.92 Å². The normalized spacial score (nSPS) is 16.2. The number of carbonyl (C=O) groups is 1. The minimum absolute atomic E-state index is 0.185. The summed E-state index contributed by atoms with van der Waals surface area (Å²) in [7, 11) is -3.59. The van der Waals surface area contributed by atoms with Gasteiger partial charge in [-0.1, -0.05) is 24.6 Å². The Hall–Kier alpha value is -1.31. The summed E-state index contributed by atoms with van der Waals surface area (Å²) in [6.45, 7) is 7.52. The highest BCUT2D eigenvalue weighted by atomic mass is 35.5. The molecular formula is C16H24ClN3O3S. The third-order valence-corrected chi connectivity index (χ3v) is 5.65. The number of anilines is 1. The summed E-state index contributed by atoms with van der Waals surface area (Å²) in [5.74, 6) is -0.185. The summed E-state index contributed by atoms with van der Waals surface area (Å²) in [5, 5.41) is 0.438. The van der Waals surface area contributed by atoms with Crippen LogP contribution in [-0.2, 0) is 14.8 Å². The maximum absolute atomic E-state index is 12.6. The maximum Gasteiger partial charge on any atom is 0.243 e. The molecule has 1 aliphatic heterocycles. The molecule has 8 heteroatoms. The molecule has 1 amide bonds. The largest absolute Gasteiger partial charge is 0.339 e. The molecule has 0 bridgehead atoms. The molecule has 0 aromatic heterocycles. The van der Waals surface area contributed by atoms with Gasteiger partial charge in [-0.15, -0.1) is 0 Å². The third kappa shape index (κ3) is 4.62. The van der Waals surface area contributed by atoms with Gasteiger partial charge in [0.1, 0.15) is 6.54 Å². The van der Waals surface area contributed by atoms with E-state index in [4.69, 9.17) is 11.6 Å². The summed E-state index contributed by atoms with van der Waals surface area (Å²) < 4.78 is 25.6. The smallest absolute Gasteiger partial charge is 0.243 e. The number of carbonyl (C=O) groups excluding carboxylic acids is 1. The molecule has 0 spiro atoms. The van der Waals surface area contributed by atoms with Crippen LogP contribution in [0.15, 0.2) is 18.2 Å². The molecule has 1 saturated heterocycles. The quantitative estimate of drug-likeness (QED) is 0.786. The monoisotopic (exact) mass is 373 g/mol. The van der Waals surface area contributed by atoms with Crippen LogP contribution in [0.4, 0.5) is 5.69 Å². The lowest BCUT2D eigenvalue weighted by molar-refractivity contribution is -0.131. The lowest BCUT2D eigenvalue weighted by Crippen LogP contribution is -2.51. The topological polar surface area (TPSA) is 60.9 Å². The molecule has 1 aromatic carbocycles. The molecule has 1 fully saturated rings. The van der Waals surface area contributed by atoms with Crippen molar-refractivity contribution in [1.29, 1.82) is 0 Å². The van der Waals surface area contributed by atoms with Crippen molar-refractivity contribution in [3.8, 4) is 0 Å². The van der Waals surface area contributed by atoms with E-state index < -0.39 is 10.0 Å². The van der Waals surface area contributed by atoms with Crippen LogP contribution in [0.1, 0.15) is 12.5 Å². The van der Waals surface area contributed by atoms with E-state index in [1.165, 1.54) is 0 Å². The summed E-state index contributed by atoms with van der Waals surface area (Å²) in [6.07, 6.45) is 1.11. The van der Waals surface area contributed by atoms with Crippen LogP contribution in [0.3, 0.4) is 0 Å². The van der Waals surface area contributed by atoms with Crippen molar-refractivity contribution in [3.05, 3.63) is 28.8 Å². The number of hydrogen-bond donors (Lipinski definition) is 0. The minimum Gasteiger partial charge on any atom is -0.339 e. The molecule has 2 rings (SSSR count). The van der Waals surface area contributed by atoms with Crippen LogP contribution in [0.5, 0.6) is 0 Å². The lowest BCUT2D eigenvalue weighted by Gasteiger charge is -2.35. The first-order valence-electron chi connectivity index (χ1n) is 7.96. The summed E-state index contributed by atoms with van der Waals surface area (Å²) in [4.78, 5) is 16.6. The molecule has 0 atom stereocenters. The highest BCUT2D eigenvalue weighted by Gasteiger charge is 2.27. The maximum atomic E-state index is 12.6. The van der Waals surface area contributed by atoms with E-state index in [0.717, 1.165) is 35.8 Å². The summed E-state index contributed by atoms with van der Waals surface area (Å²) in [5.41, 5.74) is 1.21. The Morgan fingerprint density at radius 1 is 1.25 bits per heavy atom. The fourth-order valence-corrected chi connectivity index (χ4v) is 3.83. The van der Waals surface area contributed by atoms with Crippen LogP contribution in [-0.4, -0.2) is 69.6 Å². The predicted octanol–water partition coefficient (Wildman–Crippen LogP) is 1.58. The van der Waals surface area contributed by atoms with E-state index >= 15 is 0 Å². The second-order valence-corrected chi connectivity index (χ2v) is 8.36. The van der Waals surface area contributed by atoms with E-state index in [2.05, 4.69) is 11.8 Å². The van der Waals surface area contributed by atoms with E-state index in [1.807, 2.05) is 0 Å². The van der Waals surface area contributed by atoms with Gasteiger partial charge in [-0.05, 0) is 31.2 Å². The SMILES string of the molecule is CCN1CCN(C(=O)CN(c2cc(Cl)ccc2C)S(C)(=O)=O)CC1. The molecule has 134 valence electrons. The van der Waals surface area contributed by atoms with Gasteiger partial charge in [-0.2, -0.15) is 0 Å². The van der Waals surface area contributed by atoms with Crippen LogP contribution in [0.2, 0.25) is 5.02 Å². The van der Waals surface area contributed by atoms with Gasteiger partial charge in [0.15, 0.2) is 0 Å². The predicted molar refractivity (Wildman–Crippen MR) is 97.1 cm³/mol. The van der Waals surface area contributed by atoms with Crippen LogP contribution >= 0.6 is 11.6 Å². The number of likely N-dealkylation sites (N-methyl/N-ethyl adjacent to an activating group) is 1. The first kappa shape index (κ1) is 19.0. The van der Waals surface area contributed by atoms with E-state index in [9.17, 15) is 13.2 Å². The molecule has 1 aliphatic rings. The highest BCUT2D eigenvalue weighted by Crippen LogP contribution is 2.26. The Kier molecular flexibility index (Phi) is 6.11. The van der Waals surface area contributed by atoms with Crippen molar-refractivity contribution < 1.29 is 13.2 Å². The number of piperazine rings is 1. The van der Waals surface area contributed by atoms with Crippen molar-refractivity contribution in [2.24, 2.45) is 0 Å². The van der Waals surface area contributed by atoms with Gasteiger partial charge in [-0.3, -0.25) is 9.10 Å². The second-order valence-electron chi connectivity index (χ2n) is 6.02. The molecule has 0 aliphatic carbocycles. The minimum atomic E-state index is -3.59. The van der Waals surface area contributed by atoms with Crippen LogP contribution in [0.25, 0.3) is 0 Å². The Labute approximate surface area is 149 Å². The molecule has 0 saturated carbocycles. The molecule has 24 heavy (non-hydrogen) atoms. The Balaban J connectivity index is 2.19. The summed E-state index contributed by atoms with van der Waals surface area (Å²) in [6, 6.07) is 5.03. The van der Waals surface area contributed by atoms with Crippen molar-refractivity contribution >= 4 is 33.2 Å². The molecule has 6 nitrogen and oxygen atoms in total. The number of sulfonamides is 1. The Morgan fingerprint density at radius 3 is 2.42 bits per heavy atom.